The molecule has 2 atom stereocenters. The molecule has 3 aliphatic carbocycles. The summed E-state index contributed by atoms with van der Waals surface area (Å²) in [6.45, 7) is 2.05. The summed E-state index contributed by atoms with van der Waals surface area (Å²) in [5.41, 5.74) is 2.34. The van der Waals surface area contributed by atoms with E-state index in [0.29, 0.717) is 5.69 Å². The second-order valence-corrected chi connectivity index (χ2v) is 8.58. The molecule has 1 fully saturated rings. The van der Waals surface area contributed by atoms with Gasteiger partial charge in [0.1, 0.15) is 6.29 Å². The minimum Gasteiger partial charge on any atom is -0.302 e. The van der Waals surface area contributed by atoms with Crippen LogP contribution in [0.2, 0.25) is 0 Å². The fourth-order valence-electron chi connectivity index (χ4n) is 6.30. The van der Waals surface area contributed by atoms with Gasteiger partial charge in [-0.15, -0.1) is 0 Å². The quantitative estimate of drug-likeness (QED) is 0.494. The second kappa shape index (κ2) is 5.54. The summed E-state index contributed by atoms with van der Waals surface area (Å²) in [4.78, 5) is 41.8. The summed E-state index contributed by atoms with van der Waals surface area (Å²) in [6.07, 6.45) is 0.904. The summed E-state index contributed by atoms with van der Waals surface area (Å²) in [6, 6.07) is 24.6. The molecule has 2 bridgehead atoms. The van der Waals surface area contributed by atoms with E-state index in [9.17, 15) is 14.4 Å². The third-order valence-electron chi connectivity index (χ3n) is 7.48. The topological polar surface area (TPSA) is 54.5 Å². The van der Waals surface area contributed by atoms with Gasteiger partial charge in [0.25, 0.3) is 0 Å². The number of imide groups is 1. The van der Waals surface area contributed by atoms with Crippen molar-refractivity contribution in [2.24, 2.45) is 11.8 Å². The molecule has 1 aliphatic heterocycles. The standard InChI is InChI=1S/C26H19NO3/c1-25-17-11-5-7-13-19(17)26(15-28,20-14-8-6-12-18(20)25)22-21(25)23(29)27(24(22)30)16-9-3-2-4-10-16/h2-15,21-22H,1H3/t21-,22-,25?,26?/m0/s1. The van der Waals surface area contributed by atoms with E-state index in [1.807, 2.05) is 66.7 Å². The van der Waals surface area contributed by atoms with E-state index < -0.39 is 22.7 Å². The number of aldehydes is 1. The fourth-order valence-corrected chi connectivity index (χ4v) is 6.30. The molecule has 3 aromatic rings. The average Bonchev–Trinajstić information content (AvgIpc) is 3.07. The van der Waals surface area contributed by atoms with Crippen LogP contribution >= 0.6 is 0 Å². The van der Waals surface area contributed by atoms with Gasteiger partial charge in [0.15, 0.2) is 0 Å². The second-order valence-electron chi connectivity index (χ2n) is 8.58. The Morgan fingerprint density at radius 1 is 0.700 bits per heavy atom. The third-order valence-corrected chi connectivity index (χ3v) is 7.48. The molecule has 4 nitrogen and oxygen atoms in total. The maximum Gasteiger partial charge on any atom is 0.239 e. The summed E-state index contributed by atoms with van der Waals surface area (Å²) in [5, 5.41) is 0. The number of hydrogen-bond donors (Lipinski definition) is 0. The zero-order valence-electron chi connectivity index (χ0n) is 16.4. The van der Waals surface area contributed by atoms with Gasteiger partial charge in [0.05, 0.1) is 22.9 Å². The van der Waals surface area contributed by atoms with Gasteiger partial charge in [-0.1, -0.05) is 73.7 Å². The highest BCUT2D eigenvalue weighted by Crippen LogP contribution is 2.66. The van der Waals surface area contributed by atoms with Crippen LogP contribution in [-0.2, 0) is 25.2 Å². The molecule has 30 heavy (non-hydrogen) atoms. The highest BCUT2D eigenvalue weighted by Gasteiger charge is 2.72. The highest BCUT2D eigenvalue weighted by atomic mass is 16.2. The van der Waals surface area contributed by atoms with Crippen LogP contribution in [0.25, 0.3) is 0 Å². The van der Waals surface area contributed by atoms with Gasteiger partial charge in [-0.3, -0.25) is 9.59 Å². The molecule has 7 rings (SSSR count). The van der Waals surface area contributed by atoms with Crippen LogP contribution in [0.5, 0.6) is 0 Å². The highest BCUT2D eigenvalue weighted by molar-refractivity contribution is 6.25. The van der Waals surface area contributed by atoms with Crippen LogP contribution in [0.15, 0.2) is 78.9 Å². The zero-order valence-corrected chi connectivity index (χ0v) is 16.4. The van der Waals surface area contributed by atoms with Crippen LogP contribution < -0.4 is 4.90 Å². The minimum absolute atomic E-state index is 0.228. The average molecular weight is 393 g/mol. The Bertz CT molecular complexity index is 1200. The predicted octanol–water partition coefficient (Wildman–Crippen LogP) is 3.61. The number of nitrogens with zero attached hydrogens (tertiary/aromatic N) is 1. The number of amides is 2. The minimum atomic E-state index is -1.16. The van der Waals surface area contributed by atoms with Crippen molar-refractivity contribution in [2.75, 3.05) is 4.90 Å². The van der Waals surface area contributed by atoms with E-state index in [4.69, 9.17) is 0 Å². The molecule has 1 saturated heterocycles. The van der Waals surface area contributed by atoms with Gasteiger partial charge in [0.2, 0.25) is 11.8 Å². The molecule has 0 aromatic heterocycles. The molecular formula is C26H19NO3. The first-order valence-electron chi connectivity index (χ1n) is 10.2. The molecule has 0 radical (unpaired) electrons. The number of para-hydroxylation sites is 1. The molecule has 0 spiro atoms. The smallest absolute Gasteiger partial charge is 0.239 e. The maximum absolute atomic E-state index is 13.8. The fraction of sp³-hybridized carbons (Fsp3) is 0.192. The molecule has 4 aliphatic rings. The van der Waals surface area contributed by atoms with E-state index in [1.165, 1.54) is 4.90 Å². The summed E-state index contributed by atoms with van der Waals surface area (Å²) < 4.78 is 0. The number of carbonyl (C=O) groups excluding carboxylic acids is 3. The van der Waals surface area contributed by atoms with Crippen molar-refractivity contribution < 1.29 is 14.4 Å². The van der Waals surface area contributed by atoms with E-state index in [1.54, 1.807) is 12.1 Å². The van der Waals surface area contributed by atoms with E-state index >= 15 is 0 Å². The van der Waals surface area contributed by atoms with Gasteiger partial charge < -0.3 is 4.79 Å². The number of anilines is 1. The van der Waals surface area contributed by atoms with Gasteiger partial charge in [-0.05, 0) is 34.4 Å². The first kappa shape index (κ1) is 17.3. The number of hydrogen-bond acceptors (Lipinski definition) is 3. The van der Waals surface area contributed by atoms with E-state index in [2.05, 4.69) is 6.92 Å². The lowest BCUT2D eigenvalue weighted by Gasteiger charge is -2.56. The van der Waals surface area contributed by atoms with Crippen molar-refractivity contribution in [3.63, 3.8) is 0 Å². The van der Waals surface area contributed by atoms with Gasteiger partial charge >= 0.3 is 0 Å². The van der Waals surface area contributed by atoms with E-state index in [-0.39, 0.29) is 11.8 Å². The molecule has 0 unspecified atom stereocenters. The summed E-state index contributed by atoms with van der Waals surface area (Å²) in [5.74, 6) is -1.90. The van der Waals surface area contributed by atoms with Crippen LogP contribution in [0.3, 0.4) is 0 Å². The van der Waals surface area contributed by atoms with Crippen molar-refractivity contribution in [3.05, 3.63) is 101 Å². The van der Waals surface area contributed by atoms with Crippen molar-refractivity contribution in [2.45, 2.75) is 17.8 Å². The van der Waals surface area contributed by atoms with Crippen molar-refractivity contribution in [1.82, 2.24) is 0 Å². The molecular weight excluding hydrogens is 374 g/mol. The first-order chi connectivity index (χ1) is 14.6. The van der Waals surface area contributed by atoms with Crippen LogP contribution in [-0.4, -0.2) is 18.1 Å². The van der Waals surface area contributed by atoms with Crippen LogP contribution in [0.4, 0.5) is 5.69 Å². The van der Waals surface area contributed by atoms with Crippen LogP contribution in [0.1, 0.15) is 29.2 Å². The lowest BCUT2D eigenvalue weighted by atomic mass is 9.42. The Labute approximate surface area is 174 Å². The van der Waals surface area contributed by atoms with Gasteiger partial charge in [-0.25, -0.2) is 4.90 Å². The third kappa shape index (κ3) is 1.68. The van der Waals surface area contributed by atoms with Gasteiger partial charge in [-0.2, -0.15) is 0 Å². The Hall–Kier alpha value is -3.53. The molecule has 0 N–H and O–H groups in total. The molecule has 4 heteroatoms. The van der Waals surface area contributed by atoms with Gasteiger partial charge in [0, 0.05) is 5.41 Å². The van der Waals surface area contributed by atoms with Crippen molar-refractivity contribution >= 4 is 23.8 Å². The zero-order chi connectivity index (χ0) is 20.7. The Morgan fingerprint density at radius 2 is 1.17 bits per heavy atom. The van der Waals surface area contributed by atoms with Crippen LogP contribution in [0, 0.1) is 11.8 Å². The largest absolute Gasteiger partial charge is 0.302 e. The number of carbonyl (C=O) groups is 3. The summed E-state index contributed by atoms with van der Waals surface area (Å²) >= 11 is 0. The SMILES string of the molecule is CC12c3ccccc3C(C=O)(c3ccccc31)[C@@H]1C(=O)N(c3ccccc3)C(=O)[C@H]12. The van der Waals surface area contributed by atoms with E-state index in [0.717, 1.165) is 28.5 Å². The summed E-state index contributed by atoms with van der Waals surface area (Å²) in [7, 11) is 0. The van der Waals surface area contributed by atoms with Crippen molar-refractivity contribution in [3.8, 4) is 0 Å². The Kier molecular flexibility index (Phi) is 3.20. The molecule has 0 saturated carbocycles. The number of benzene rings is 3. The lowest BCUT2D eigenvalue weighted by molar-refractivity contribution is -0.129. The Balaban J connectivity index is 1.72. The monoisotopic (exact) mass is 393 g/mol. The Morgan fingerprint density at radius 3 is 1.70 bits per heavy atom. The molecule has 1 heterocycles. The van der Waals surface area contributed by atoms with Crippen molar-refractivity contribution in [1.29, 1.82) is 0 Å². The maximum atomic E-state index is 13.8. The molecule has 2 amide bonds. The number of rotatable bonds is 2. The lowest BCUT2D eigenvalue weighted by Crippen LogP contribution is -2.61. The first-order valence-corrected chi connectivity index (χ1v) is 10.2. The molecule has 3 aromatic carbocycles. The molecule has 146 valence electrons. The normalized spacial score (nSPS) is 30.6. The predicted molar refractivity (Wildman–Crippen MR) is 112 cm³/mol.